The van der Waals surface area contributed by atoms with Crippen molar-refractivity contribution in [2.75, 3.05) is 19.7 Å². The molecule has 1 aromatic rings. The molecule has 0 atom stereocenters. The molecule has 1 amide bonds. The molecular formula is C16H21NO3. The van der Waals surface area contributed by atoms with Crippen LogP contribution < -0.4 is 0 Å². The Kier molecular flexibility index (Phi) is 5.97. The van der Waals surface area contributed by atoms with E-state index in [9.17, 15) is 9.59 Å². The number of aryl methyl sites for hydroxylation is 1. The van der Waals surface area contributed by atoms with Gasteiger partial charge in [0, 0.05) is 13.1 Å². The number of benzene rings is 1. The molecule has 0 aliphatic rings. The van der Waals surface area contributed by atoms with Crippen LogP contribution in [-0.4, -0.2) is 36.5 Å². The number of likely N-dealkylation sites (N-methyl/N-ethyl adjacent to an activating group) is 1. The Bertz CT molecular complexity index is 508. The second kappa shape index (κ2) is 7.48. The molecule has 0 aromatic heterocycles. The average molecular weight is 275 g/mol. The first-order chi connectivity index (χ1) is 9.43. The highest BCUT2D eigenvalue weighted by atomic mass is 16.5. The van der Waals surface area contributed by atoms with Crippen LogP contribution in [0, 0.1) is 6.92 Å². The zero-order valence-corrected chi connectivity index (χ0v) is 12.3. The summed E-state index contributed by atoms with van der Waals surface area (Å²) in [5.41, 5.74) is 2.33. The molecule has 1 rings (SSSR count). The van der Waals surface area contributed by atoms with Crippen LogP contribution in [0.25, 0.3) is 0 Å². The lowest BCUT2D eigenvalue weighted by atomic mass is 10.1. The average Bonchev–Trinajstić information content (AvgIpc) is 2.41. The van der Waals surface area contributed by atoms with Gasteiger partial charge in [-0.05, 0) is 32.9 Å². The first kappa shape index (κ1) is 16.0. The first-order valence-electron chi connectivity index (χ1n) is 6.60. The lowest BCUT2D eigenvalue weighted by molar-refractivity contribution is -0.133. The minimum atomic E-state index is -0.478. The first-order valence-corrected chi connectivity index (χ1v) is 6.60. The largest absolute Gasteiger partial charge is 0.452 e. The van der Waals surface area contributed by atoms with E-state index < -0.39 is 5.97 Å². The molecule has 0 saturated carbocycles. The topological polar surface area (TPSA) is 46.6 Å². The Morgan fingerprint density at radius 1 is 1.35 bits per heavy atom. The van der Waals surface area contributed by atoms with Crippen molar-refractivity contribution in [2.24, 2.45) is 0 Å². The van der Waals surface area contributed by atoms with Gasteiger partial charge in [-0.25, -0.2) is 4.79 Å². The lowest BCUT2D eigenvalue weighted by Crippen LogP contribution is -2.35. The van der Waals surface area contributed by atoms with E-state index in [1.807, 2.05) is 26.8 Å². The molecule has 20 heavy (non-hydrogen) atoms. The van der Waals surface area contributed by atoms with E-state index in [0.29, 0.717) is 18.7 Å². The highest BCUT2D eigenvalue weighted by Gasteiger charge is 2.15. The van der Waals surface area contributed by atoms with Crippen molar-refractivity contribution in [3.63, 3.8) is 0 Å². The number of carbonyl (C=O) groups excluding carboxylic acids is 2. The molecule has 0 fully saturated rings. The summed E-state index contributed by atoms with van der Waals surface area (Å²) in [7, 11) is 0. The molecule has 0 bridgehead atoms. The molecule has 4 nitrogen and oxygen atoms in total. The van der Waals surface area contributed by atoms with E-state index in [2.05, 4.69) is 6.58 Å². The van der Waals surface area contributed by atoms with E-state index in [0.717, 1.165) is 11.1 Å². The number of ether oxygens (including phenoxy) is 1. The Labute approximate surface area is 120 Å². The van der Waals surface area contributed by atoms with Crippen molar-refractivity contribution in [1.82, 2.24) is 4.90 Å². The molecule has 0 N–H and O–H groups in total. The highest BCUT2D eigenvalue weighted by Crippen LogP contribution is 2.06. The predicted octanol–water partition coefficient (Wildman–Crippen LogP) is 2.58. The molecule has 0 unspecified atom stereocenters. The van der Waals surface area contributed by atoms with Gasteiger partial charge in [-0.3, -0.25) is 4.79 Å². The summed E-state index contributed by atoms with van der Waals surface area (Å²) in [6.07, 6.45) is 0. The summed E-state index contributed by atoms with van der Waals surface area (Å²) in [5, 5.41) is 0. The standard InChI is InChI=1S/C16H21NO3/c1-5-17(10-12(2)3)15(18)11-20-16(19)14-8-6-7-13(4)9-14/h6-9H,2,5,10-11H2,1,3-4H3. The molecule has 0 heterocycles. The van der Waals surface area contributed by atoms with Gasteiger partial charge in [0.2, 0.25) is 0 Å². The normalized spacial score (nSPS) is 9.95. The Morgan fingerprint density at radius 2 is 2.05 bits per heavy atom. The van der Waals surface area contributed by atoms with Crippen LogP contribution in [0.5, 0.6) is 0 Å². The van der Waals surface area contributed by atoms with Gasteiger partial charge in [-0.1, -0.05) is 29.8 Å². The molecule has 1 aromatic carbocycles. The molecule has 4 heteroatoms. The van der Waals surface area contributed by atoms with Crippen LogP contribution >= 0.6 is 0 Å². The van der Waals surface area contributed by atoms with Crippen LogP contribution in [0.15, 0.2) is 36.4 Å². The fourth-order valence-corrected chi connectivity index (χ4v) is 1.78. The number of hydrogen-bond acceptors (Lipinski definition) is 3. The van der Waals surface area contributed by atoms with Gasteiger partial charge in [-0.2, -0.15) is 0 Å². The summed E-state index contributed by atoms with van der Waals surface area (Å²) < 4.78 is 5.05. The van der Waals surface area contributed by atoms with E-state index in [4.69, 9.17) is 4.74 Å². The summed E-state index contributed by atoms with van der Waals surface area (Å²) in [6.45, 7) is 10.2. The van der Waals surface area contributed by atoms with E-state index >= 15 is 0 Å². The van der Waals surface area contributed by atoms with Gasteiger partial charge >= 0.3 is 5.97 Å². The Morgan fingerprint density at radius 3 is 2.60 bits per heavy atom. The second-order valence-corrected chi connectivity index (χ2v) is 4.81. The lowest BCUT2D eigenvalue weighted by Gasteiger charge is -2.20. The van der Waals surface area contributed by atoms with E-state index in [1.54, 1.807) is 23.1 Å². The fraction of sp³-hybridized carbons (Fsp3) is 0.375. The van der Waals surface area contributed by atoms with Gasteiger partial charge in [0.25, 0.3) is 5.91 Å². The van der Waals surface area contributed by atoms with Crippen molar-refractivity contribution in [1.29, 1.82) is 0 Å². The second-order valence-electron chi connectivity index (χ2n) is 4.81. The number of hydrogen-bond donors (Lipinski definition) is 0. The molecule has 0 spiro atoms. The Hall–Kier alpha value is -2.10. The van der Waals surface area contributed by atoms with Crippen molar-refractivity contribution in [3.05, 3.63) is 47.5 Å². The van der Waals surface area contributed by atoms with Crippen molar-refractivity contribution < 1.29 is 14.3 Å². The summed E-state index contributed by atoms with van der Waals surface area (Å²) in [4.78, 5) is 25.3. The molecular weight excluding hydrogens is 254 g/mol. The number of amides is 1. The number of esters is 1. The van der Waals surface area contributed by atoms with Crippen LogP contribution in [0.3, 0.4) is 0 Å². The third-order valence-electron chi connectivity index (χ3n) is 2.78. The van der Waals surface area contributed by atoms with Crippen LogP contribution in [0.2, 0.25) is 0 Å². The summed E-state index contributed by atoms with van der Waals surface area (Å²) in [6, 6.07) is 7.09. The maximum absolute atomic E-state index is 11.9. The fourth-order valence-electron chi connectivity index (χ4n) is 1.78. The molecule has 0 saturated heterocycles. The van der Waals surface area contributed by atoms with Crippen molar-refractivity contribution in [2.45, 2.75) is 20.8 Å². The maximum atomic E-state index is 11.9. The van der Waals surface area contributed by atoms with Gasteiger partial charge in [0.15, 0.2) is 6.61 Å². The smallest absolute Gasteiger partial charge is 0.338 e. The minimum Gasteiger partial charge on any atom is -0.452 e. The predicted molar refractivity (Wildman–Crippen MR) is 78.5 cm³/mol. The summed E-state index contributed by atoms with van der Waals surface area (Å²) in [5.74, 6) is -0.690. The van der Waals surface area contributed by atoms with Gasteiger partial charge in [-0.15, -0.1) is 0 Å². The van der Waals surface area contributed by atoms with Gasteiger partial charge < -0.3 is 9.64 Å². The Balaban J connectivity index is 2.55. The zero-order valence-electron chi connectivity index (χ0n) is 12.3. The quantitative estimate of drug-likeness (QED) is 0.592. The number of nitrogens with zero attached hydrogens (tertiary/aromatic N) is 1. The molecule has 0 radical (unpaired) electrons. The minimum absolute atomic E-state index is 0.212. The molecule has 0 aliphatic heterocycles. The number of rotatable bonds is 6. The molecule has 108 valence electrons. The summed E-state index contributed by atoms with van der Waals surface area (Å²) >= 11 is 0. The molecule has 0 aliphatic carbocycles. The van der Waals surface area contributed by atoms with Crippen LogP contribution in [-0.2, 0) is 9.53 Å². The van der Waals surface area contributed by atoms with Crippen LogP contribution in [0.4, 0.5) is 0 Å². The third kappa shape index (κ3) is 4.88. The highest BCUT2D eigenvalue weighted by molar-refractivity contribution is 5.91. The maximum Gasteiger partial charge on any atom is 0.338 e. The number of carbonyl (C=O) groups is 2. The monoisotopic (exact) mass is 275 g/mol. The third-order valence-corrected chi connectivity index (χ3v) is 2.78. The van der Waals surface area contributed by atoms with Crippen LogP contribution in [0.1, 0.15) is 29.8 Å². The zero-order chi connectivity index (χ0) is 15.1. The SMILES string of the molecule is C=C(C)CN(CC)C(=O)COC(=O)c1cccc(C)c1. The van der Waals surface area contributed by atoms with E-state index in [1.165, 1.54) is 0 Å². The van der Waals surface area contributed by atoms with Gasteiger partial charge in [0.05, 0.1) is 5.56 Å². The van der Waals surface area contributed by atoms with Crippen molar-refractivity contribution in [3.8, 4) is 0 Å². The van der Waals surface area contributed by atoms with Gasteiger partial charge in [0.1, 0.15) is 0 Å². The van der Waals surface area contributed by atoms with Crippen molar-refractivity contribution >= 4 is 11.9 Å². The van der Waals surface area contributed by atoms with E-state index in [-0.39, 0.29) is 12.5 Å².